The first-order chi connectivity index (χ1) is 17.0. The van der Waals surface area contributed by atoms with Crippen LogP contribution in [0.2, 0.25) is 0 Å². The molecule has 3 amide bonds. The summed E-state index contributed by atoms with van der Waals surface area (Å²) in [7, 11) is 0. The Morgan fingerprint density at radius 1 is 1.09 bits per heavy atom. The van der Waals surface area contributed by atoms with Gasteiger partial charge in [-0.15, -0.1) is 0 Å². The molecule has 1 aromatic carbocycles. The Morgan fingerprint density at radius 2 is 1.86 bits per heavy atom. The minimum absolute atomic E-state index is 0.159. The number of urea groups is 1. The fraction of sp³-hybridized carbons (Fsp3) is 0.704. The Labute approximate surface area is 208 Å². The maximum Gasteiger partial charge on any atom is 0.317 e. The number of aliphatic hydroxyl groups excluding tert-OH is 1. The van der Waals surface area contributed by atoms with Crippen molar-refractivity contribution in [1.29, 1.82) is 0 Å². The van der Waals surface area contributed by atoms with Gasteiger partial charge in [0.25, 0.3) is 0 Å². The SMILES string of the molecule is CCCNC(=O)N1C[C@H](O)COC[C@H]2O[C@@H](CC(=O)N3CCC(Cc4ccccc4)CC3)CC[C@@H]21. The minimum atomic E-state index is -0.715. The topological polar surface area (TPSA) is 91.3 Å². The molecule has 194 valence electrons. The Kier molecular flexibility index (Phi) is 9.40. The molecule has 8 nitrogen and oxygen atoms in total. The zero-order valence-electron chi connectivity index (χ0n) is 20.9. The van der Waals surface area contributed by atoms with Gasteiger partial charge in [-0.25, -0.2) is 4.79 Å². The number of carbonyl (C=O) groups is 2. The van der Waals surface area contributed by atoms with Gasteiger partial charge in [0.05, 0.1) is 44.4 Å². The average Bonchev–Trinajstić information content (AvgIpc) is 2.86. The van der Waals surface area contributed by atoms with Crippen LogP contribution in [0.15, 0.2) is 30.3 Å². The molecule has 1 aromatic rings. The number of nitrogens with zero attached hydrogens (tertiary/aromatic N) is 2. The second-order valence-electron chi connectivity index (χ2n) is 10.2. The molecule has 0 unspecified atom stereocenters. The first-order valence-electron chi connectivity index (χ1n) is 13.3. The van der Waals surface area contributed by atoms with E-state index in [4.69, 9.17) is 9.47 Å². The first-order valence-corrected chi connectivity index (χ1v) is 13.3. The third-order valence-electron chi connectivity index (χ3n) is 7.50. The molecule has 0 saturated carbocycles. The fourth-order valence-corrected chi connectivity index (χ4v) is 5.57. The van der Waals surface area contributed by atoms with Gasteiger partial charge < -0.3 is 29.7 Å². The van der Waals surface area contributed by atoms with Crippen LogP contribution in [0.25, 0.3) is 0 Å². The van der Waals surface area contributed by atoms with Crippen LogP contribution in [0.3, 0.4) is 0 Å². The molecule has 0 aromatic heterocycles. The monoisotopic (exact) mass is 487 g/mol. The Balaban J connectivity index is 1.27. The molecule has 0 bridgehead atoms. The second-order valence-corrected chi connectivity index (χ2v) is 10.2. The lowest BCUT2D eigenvalue weighted by Crippen LogP contribution is -2.59. The van der Waals surface area contributed by atoms with E-state index in [9.17, 15) is 14.7 Å². The molecule has 3 fully saturated rings. The van der Waals surface area contributed by atoms with E-state index in [0.29, 0.717) is 31.9 Å². The summed E-state index contributed by atoms with van der Waals surface area (Å²) in [6.45, 7) is 4.93. The highest BCUT2D eigenvalue weighted by molar-refractivity contribution is 5.77. The number of amides is 3. The molecule has 0 aliphatic carbocycles. The number of ether oxygens (including phenoxy) is 2. The van der Waals surface area contributed by atoms with Gasteiger partial charge >= 0.3 is 6.03 Å². The zero-order valence-corrected chi connectivity index (χ0v) is 20.9. The van der Waals surface area contributed by atoms with Crippen molar-refractivity contribution >= 4 is 11.9 Å². The van der Waals surface area contributed by atoms with Crippen molar-refractivity contribution in [3.8, 4) is 0 Å². The van der Waals surface area contributed by atoms with Crippen molar-refractivity contribution < 1.29 is 24.2 Å². The number of likely N-dealkylation sites (tertiary alicyclic amines) is 1. The highest BCUT2D eigenvalue weighted by Gasteiger charge is 2.40. The van der Waals surface area contributed by atoms with E-state index in [1.165, 1.54) is 5.56 Å². The third-order valence-corrected chi connectivity index (χ3v) is 7.50. The normalized spacial score (nSPS) is 28.1. The summed E-state index contributed by atoms with van der Waals surface area (Å²) in [6, 6.07) is 10.2. The van der Waals surface area contributed by atoms with Gasteiger partial charge in [0.1, 0.15) is 6.10 Å². The van der Waals surface area contributed by atoms with Crippen molar-refractivity contribution in [1.82, 2.24) is 15.1 Å². The van der Waals surface area contributed by atoms with E-state index in [1.807, 2.05) is 17.9 Å². The van der Waals surface area contributed by atoms with Crippen LogP contribution < -0.4 is 5.32 Å². The highest BCUT2D eigenvalue weighted by atomic mass is 16.5. The van der Waals surface area contributed by atoms with Crippen molar-refractivity contribution in [2.45, 2.75) is 76.2 Å². The number of aliphatic hydroxyl groups is 1. The molecule has 8 heteroatoms. The summed E-state index contributed by atoms with van der Waals surface area (Å²) >= 11 is 0. The maximum absolute atomic E-state index is 13.1. The van der Waals surface area contributed by atoms with Crippen LogP contribution in [0.1, 0.15) is 51.0 Å². The van der Waals surface area contributed by atoms with Gasteiger partial charge in [-0.3, -0.25) is 4.79 Å². The van der Waals surface area contributed by atoms with Crippen LogP contribution in [0.4, 0.5) is 4.79 Å². The molecule has 3 saturated heterocycles. The molecule has 0 radical (unpaired) electrons. The lowest BCUT2D eigenvalue weighted by atomic mass is 9.90. The summed E-state index contributed by atoms with van der Waals surface area (Å²) in [5.41, 5.74) is 1.37. The van der Waals surface area contributed by atoms with Gasteiger partial charge in [0, 0.05) is 19.6 Å². The van der Waals surface area contributed by atoms with Crippen molar-refractivity contribution in [2.24, 2.45) is 5.92 Å². The van der Waals surface area contributed by atoms with E-state index < -0.39 is 6.10 Å². The largest absolute Gasteiger partial charge is 0.389 e. The number of hydrogen-bond donors (Lipinski definition) is 2. The summed E-state index contributed by atoms with van der Waals surface area (Å²) in [5, 5.41) is 13.2. The molecule has 4 atom stereocenters. The number of β-amino-alcohol motifs (C(OH)–C–C–N with tert-alkyl or cyclic N) is 1. The van der Waals surface area contributed by atoms with Crippen LogP contribution in [-0.2, 0) is 20.7 Å². The van der Waals surface area contributed by atoms with Gasteiger partial charge in [-0.2, -0.15) is 0 Å². The lowest BCUT2D eigenvalue weighted by Gasteiger charge is -2.44. The first kappa shape index (κ1) is 25.9. The van der Waals surface area contributed by atoms with Crippen LogP contribution in [0, 0.1) is 5.92 Å². The van der Waals surface area contributed by atoms with Gasteiger partial charge in [-0.05, 0) is 50.0 Å². The number of piperidine rings is 1. The van der Waals surface area contributed by atoms with Gasteiger partial charge in [-0.1, -0.05) is 37.3 Å². The van der Waals surface area contributed by atoms with Crippen molar-refractivity contribution in [3.63, 3.8) is 0 Å². The third kappa shape index (κ3) is 7.18. The van der Waals surface area contributed by atoms with Crippen LogP contribution >= 0.6 is 0 Å². The molecule has 35 heavy (non-hydrogen) atoms. The number of fused-ring (bicyclic) bond motifs is 1. The zero-order chi connectivity index (χ0) is 24.6. The quantitative estimate of drug-likeness (QED) is 0.644. The lowest BCUT2D eigenvalue weighted by molar-refractivity contribution is -0.155. The second kappa shape index (κ2) is 12.7. The number of hydrogen-bond acceptors (Lipinski definition) is 5. The molecular weight excluding hydrogens is 446 g/mol. The van der Waals surface area contributed by atoms with E-state index >= 15 is 0 Å². The van der Waals surface area contributed by atoms with Gasteiger partial charge in [0.2, 0.25) is 5.91 Å². The molecular formula is C27H41N3O5. The summed E-state index contributed by atoms with van der Waals surface area (Å²) < 4.78 is 12.0. The number of benzene rings is 1. The Bertz CT molecular complexity index is 814. The number of rotatable bonds is 6. The van der Waals surface area contributed by atoms with Crippen molar-refractivity contribution in [3.05, 3.63) is 35.9 Å². The summed E-state index contributed by atoms with van der Waals surface area (Å²) in [4.78, 5) is 29.5. The molecule has 3 aliphatic heterocycles. The maximum atomic E-state index is 13.1. The molecule has 0 spiro atoms. The van der Waals surface area contributed by atoms with Gasteiger partial charge in [0.15, 0.2) is 0 Å². The number of nitrogens with one attached hydrogen (secondary N) is 1. The van der Waals surface area contributed by atoms with E-state index in [0.717, 1.165) is 45.2 Å². The Morgan fingerprint density at radius 3 is 2.60 bits per heavy atom. The highest BCUT2D eigenvalue weighted by Crippen LogP contribution is 2.29. The van der Waals surface area contributed by atoms with Crippen molar-refractivity contribution in [2.75, 3.05) is 39.4 Å². The number of carbonyl (C=O) groups excluding carboxylic acids is 2. The minimum Gasteiger partial charge on any atom is -0.389 e. The fourth-order valence-electron chi connectivity index (χ4n) is 5.57. The smallest absolute Gasteiger partial charge is 0.317 e. The van der Waals surface area contributed by atoms with E-state index in [2.05, 4.69) is 29.6 Å². The summed E-state index contributed by atoms with van der Waals surface area (Å²) in [6.07, 6.45) is 4.64. The van der Waals surface area contributed by atoms with Crippen LogP contribution in [0.5, 0.6) is 0 Å². The molecule has 2 N–H and O–H groups in total. The molecule has 3 heterocycles. The Hall–Kier alpha value is -2.16. The van der Waals surface area contributed by atoms with Crippen LogP contribution in [-0.4, -0.2) is 90.6 Å². The summed E-state index contributed by atoms with van der Waals surface area (Å²) in [5.74, 6) is 0.784. The predicted molar refractivity (Wildman–Crippen MR) is 133 cm³/mol. The predicted octanol–water partition coefficient (Wildman–Crippen LogP) is 2.59. The van der Waals surface area contributed by atoms with E-state index in [-0.39, 0.29) is 43.3 Å². The average molecular weight is 488 g/mol. The standard InChI is InChI=1S/C27H41N3O5/c1-2-12-28-27(33)30-17-22(31)18-34-19-25-24(30)9-8-23(35-25)16-26(32)29-13-10-21(11-14-29)15-20-6-4-3-5-7-20/h3-7,21-25,31H,2,8-19H2,1H3,(H,28,33)/t22-,23+,24-,25+/m0/s1. The molecule has 3 aliphatic rings. The molecule has 4 rings (SSSR count). The van der Waals surface area contributed by atoms with E-state index in [1.54, 1.807) is 4.90 Å².